The van der Waals surface area contributed by atoms with Gasteiger partial charge in [-0.25, -0.2) is 14.4 Å². The molecule has 2 amide bonds. The largest absolute Gasteiger partial charge is 0.496 e. The summed E-state index contributed by atoms with van der Waals surface area (Å²) in [6.45, 7) is 9.55. The van der Waals surface area contributed by atoms with Gasteiger partial charge in [-0.1, -0.05) is 0 Å². The van der Waals surface area contributed by atoms with Gasteiger partial charge in [0.2, 0.25) is 0 Å². The number of nitrogen functional groups attached to an aromatic ring is 1. The Morgan fingerprint density at radius 2 is 1.47 bits per heavy atom. The fourth-order valence-corrected chi connectivity index (χ4v) is 2.32. The number of imide groups is 1. The van der Waals surface area contributed by atoms with Crippen molar-refractivity contribution in [2.75, 3.05) is 24.9 Å². The number of esters is 1. The molecule has 10 nitrogen and oxygen atoms in total. The number of amides is 2. The highest BCUT2D eigenvalue weighted by atomic mass is 16.6. The SMILES string of the molecule is COC(=O)c1c(OC)cc(C#N)c(N)c1N(C(=O)OC(C)(C)C)C(=O)OC(C)(C)C. The zero-order valence-corrected chi connectivity index (χ0v) is 18.4. The van der Waals surface area contributed by atoms with Crippen molar-refractivity contribution in [3.8, 4) is 11.8 Å². The number of hydrogen-bond donors (Lipinski definition) is 1. The average molecular weight is 421 g/mol. The zero-order chi connectivity index (χ0) is 23.4. The molecule has 0 saturated heterocycles. The number of methoxy groups -OCH3 is 2. The summed E-state index contributed by atoms with van der Waals surface area (Å²) in [6.07, 6.45) is -2.32. The first-order valence-corrected chi connectivity index (χ1v) is 8.91. The van der Waals surface area contributed by atoms with E-state index in [9.17, 15) is 19.6 Å². The van der Waals surface area contributed by atoms with Crippen molar-refractivity contribution in [2.45, 2.75) is 52.7 Å². The maximum atomic E-state index is 13.0. The Hall–Kier alpha value is -3.48. The maximum Gasteiger partial charge on any atom is 0.424 e. The molecule has 0 fully saturated rings. The van der Waals surface area contributed by atoms with Gasteiger partial charge in [-0.2, -0.15) is 10.2 Å². The zero-order valence-electron chi connectivity index (χ0n) is 18.4. The van der Waals surface area contributed by atoms with Gasteiger partial charge < -0.3 is 24.7 Å². The lowest BCUT2D eigenvalue weighted by atomic mass is 10.0. The maximum absolute atomic E-state index is 13.0. The summed E-state index contributed by atoms with van der Waals surface area (Å²) in [5.41, 5.74) is 2.86. The summed E-state index contributed by atoms with van der Waals surface area (Å²) >= 11 is 0. The van der Waals surface area contributed by atoms with E-state index < -0.39 is 35.0 Å². The topological polar surface area (TPSA) is 141 Å². The Labute approximate surface area is 175 Å². The molecule has 1 aromatic rings. The van der Waals surface area contributed by atoms with Crippen LogP contribution in [0.2, 0.25) is 0 Å². The molecule has 1 aromatic carbocycles. The van der Waals surface area contributed by atoms with Gasteiger partial charge in [-0.3, -0.25) is 0 Å². The fraction of sp³-hybridized carbons (Fsp3) is 0.500. The third-order valence-electron chi connectivity index (χ3n) is 3.41. The summed E-state index contributed by atoms with van der Waals surface area (Å²) in [5, 5.41) is 9.43. The monoisotopic (exact) mass is 421 g/mol. The molecule has 164 valence electrons. The van der Waals surface area contributed by atoms with E-state index in [0.29, 0.717) is 4.90 Å². The van der Waals surface area contributed by atoms with E-state index in [4.69, 9.17) is 24.7 Å². The molecular weight excluding hydrogens is 394 g/mol. The number of nitriles is 1. The highest BCUT2D eigenvalue weighted by Crippen LogP contribution is 2.39. The van der Waals surface area contributed by atoms with Crippen LogP contribution in [0.5, 0.6) is 5.75 Å². The quantitative estimate of drug-likeness (QED) is 0.440. The molecule has 0 aromatic heterocycles. The number of nitrogens with zero attached hydrogens (tertiary/aromatic N) is 2. The van der Waals surface area contributed by atoms with Crippen molar-refractivity contribution in [3.05, 3.63) is 17.2 Å². The van der Waals surface area contributed by atoms with E-state index in [0.717, 1.165) is 7.11 Å². The molecule has 10 heteroatoms. The van der Waals surface area contributed by atoms with Crippen LogP contribution in [0, 0.1) is 11.3 Å². The summed E-state index contributed by atoms with van der Waals surface area (Å²) in [5.74, 6) is -1.07. The van der Waals surface area contributed by atoms with E-state index in [1.807, 2.05) is 6.07 Å². The highest BCUT2D eigenvalue weighted by molar-refractivity contribution is 6.17. The first-order valence-electron chi connectivity index (χ1n) is 8.91. The number of hydrogen-bond acceptors (Lipinski definition) is 9. The number of rotatable bonds is 3. The lowest BCUT2D eigenvalue weighted by Gasteiger charge is -2.30. The van der Waals surface area contributed by atoms with Crippen molar-refractivity contribution in [2.24, 2.45) is 0 Å². The van der Waals surface area contributed by atoms with E-state index in [2.05, 4.69) is 0 Å². The minimum atomic E-state index is -1.16. The van der Waals surface area contributed by atoms with Gasteiger partial charge >= 0.3 is 18.2 Å². The lowest BCUT2D eigenvalue weighted by Crippen LogP contribution is -2.45. The number of carbonyl (C=O) groups excluding carboxylic acids is 3. The van der Waals surface area contributed by atoms with Gasteiger partial charge in [-0.15, -0.1) is 0 Å². The number of ether oxygens (including phenoxy) is 4. The van der Waals surface area contributed by atoms with Crippen LogP contribution < -0.4 is 15.4 Å². The van der Waals surface area contributed by atoms with Crippen LogP contribution >= 0.6 is 0 Å². The van der Waals surface area contributed by atoms with Crippen LogP contribution in [0.1, 0.15) is 57.5 Å². The molecule has 0 radical (unpaired) electrons. The average Bonchev–Trinajstić information content (AvgIpc) is 2.59. The smallest absolute Gasteiger partial charge is 0.424 e. The van der Waals surface area contributed by atoms with Crippen LogP contribution in [-0.4, -0.2) is 43.6 Å². The molecule has 2 N–H and O–H groups in total. The van der Waals surface area contributed by atoms with Crippen LogP contribution in [0.25, 0.3) is 0 Å². The minimum absolute atomic E-state index is 0.125. The molecule has 0 heterocycles. The first-order chi connectivity index (χ1) is 13.7. The molecule has 30 heavy (non-hydrogen) atoms. The predicted octanol–water partition coefficient (Wildman–Crippen LogP) is 3.61. The number of carbonyl (C=O) groups is 3. The van der Waals surface area contributed by atoms with Gasteiger partial charge in [0.1, 0.15) is 34.3 Å². The first kappa shape index (κ1) is 24.6. The molecule has 0 spiro atoms. The lowest BCUT2D eigenvalue weighted by molar-refractivity contribution is 0.0430. The van der Waals surface area contributed by atoms with E-state index in [1.54, 1.807) is 41.5 Å². The molecule has 0 aliphatic carbocycles. The molecule has 0 aliphatic heterocycles. The van der Waals surface area contributed by atoms with Crippen LogP contribution in [-0.2, 0) is 14.2 Å². The highest BCUT2D eigenvalue weighted by Gasteiger charge is 2.39. The van der Waals surface area contributed by atoms with Gasteiger partial charge in [0.25, 0.3) is 0 Å². The van der Waals surface area contributed by atoms with Gasteiger partial charge in [0.15, 0.2) is 0 Å². The Balaban J connectivity index is 3.93. The molecule has 0 saturated carbocycles. The Morgan fingerprint density at radius 1 is 1.00 bits per heavy atom. The molecule has 0 unspecified atom stereocenters. The van der Waals surface area contributed by atoms with Crippen LogP contribution in [0.3, 0.4) is 0 Å². The Bertz CT molecular complexity index is 862. The molecular formula is C20H27N3O7. The molecule has 0 aliphatic rings. The van der Waals surface area contributed by atoms with Gasteiger partial charge in [0, 0.05) is 6.07 Å². The van der Waals surface area contributed by atoms with E-state index in [1.165, 1.54) is 13.2 Å². The summed E-state index contributed by atoms with van der Waals surface area (Å²) < 4.78 is 20.6. The van der Waals surface area contributed by atoms with Crippen molar-refractivity contribution < 1.29 is 33.3 Å². The van der Waals surface area contributed by atoms with Crippen LogP contribution in [0.15, 0.2) is 6.07 Å². The molecule has 0 bridgehead atoms. The second-order valence-electron chi connectivity index (χ2n) is 8.16. The summed E-state index contributed by atoms with van der Waals surface area (Å²) in [4.78, 5) is 38.9. The molecule has 0 atom stereocenters. The van der Waals surface area contributed by atoms with Crippen molar-refractivity contribution in [3.63, 3.8) is 0 Å². The standard InChI is InChI=1S/C20H27N3O7/c1-19(2,3)29-17(25)23(18(26)30-20(4,5)6)15-13(16(24)28-8)12(27-7)9-11(10-21)14(15)22/h9H,22H2,1-8H3. The number of nitrogens with two attached hydrogens (primary N) is 1. The Kier molecular flexibility index (Phi) is 7.29. The Morgan fingerprint density at radius 3 is 1.80 bits per heavy atom. The third kappa shape index (κ3) is 5.76. The van der Waals surface area contributed by atoms with E-state index in [-0.39, 0.29) is 22.6 Å². The van der Waals surface area contributed by atoms with Crippen LogP contribution in [0.4, 0.5) is 21.0 Å². The third-order valence-corrected chi connectivity index (χ3v) is 3.41. The second-order valence-corrected chi connectivity index (χ2v) is 8.16. The summed E-state index contributed by atoms with van der Waals surface area (Å²) in [6, 6.07) is 3.04. The van der Waals surface area contributed by atoms with Gasteiger partial charge in [-0.05, 0) is 41.5 Å². The number of benzene rings is 1. The predicted molar refractivity (Wildman–Crippen MR) is 108 cm³/mol. The second kappa shape index (κ2) is 8.90. The molecule has 1 rings (SSSR count). The van der Waals surface area contributed by atoms with Crippen molar-refractivity contribution >= 4 is 29.5 Å². The van der Waals surface area contributed by atoms with Gasteiger partial charge in [0.05, 0.1) is 25.5 Å². The summed E-state index contributed by atoms with van der Waals surface area (Å²) in [7, 11) is 2.35. The normalized spacial score (nSPS) is 11.2. The fourth-order valence-electron chi connectivity index (χ4n) is 2.32. The minimum Gasteiger partial charge on any atom is -0.496 e. The number of anilines is 2. The van der Waals surface area contributed by atoms with Crippen molar-refractivity contribution in [1.29, 1.82) is 5.26 Å². The van der Waals surface area contributed by atoms with Crippen molar-refractivity contribution in [1.82, 2.24) is 0 Å². The van der Waals surface area contributed by atoms with E-state index >= 15 is 0 Å².